The Hall–Kier alpha value is -2.45. The van der Waals surface area contributed by atoms with E-state index >= 15 is 0 Å². The Morgan fingerprint density at radius 1 is 1.17 bits per heavy atom. The number of amides is 2. The minimum atomic E-state index is -4.40. The van der Waals surface area contributed by atoms with Gasteiger partial charge in [-0.3, -0.25) is 4.79 Å². The number of urea groups is 1. The van der Waals surface area contributed by atoms with Crippen LogP contribution in [-0.4, -0.2) is 43.0 Å². The fourth-order valence-electron chi connectivity index (χ4n) is 1.62. The summed E-state index contributed by atoms with van der Waals surface area (Å²) in [7, 11) is 0. The first-order chi connectivity index (χ1) is 10.8. The number of carbonyl (C=O) groups excluding carboxylic acids is 1. The molecule has 0 aliphatic rings. The number of ether oxygens (including phenoxy) is 1. The summed E-state index contributed by atoms with van der Waals surface area (Å²) >= 11 is 0. The first-order valence-corrected chi connectivity index (χ1v) is 6.78. The summed E-state index contributed by atoms with van der Waals surface area (Å²) in [5, 5.41) is 13.3. The number of alkyl halides is 3. The van der Waals surface area contributed by atoms with E-state index in [9.17, 15) is 22.8 Å². The molecule has 0 saturated heterocycles. The van der Waals surface area contributed by atoms with Gasteiger partial charge in [0, 0.05) is 13.1 Å². The van der Waals surface area contributed by atoms with Crippen molar-refractivity contribution in [2.75, 3.05) is 19.7 Å². The summed E-state index contributed by atoms with van der Waals surface area (Å²) in [6, 6.07) is 5.64. The van der Waals surface area contributed by atoms with Crippen LogP contribution in [-0.2, 0) is 11.2 Å². The molecular formula is C14H17F3N2O4. The van der Waals surface area contributed by atoms with E-state index in [1.54, 1.807) is 12.1 Å². The molecule has 23 heavy (non-hydrogen) atoms. The van der Waals surface area contributed by atoms with Gasteiger partial charge in [-0.1, -0.05) is 12.1 Å². The van der Waals surface area contributed by atoms with Crippen LogP contribution in [0.15, 0.2) is 24.3 Å². The third kappa shape index (κ3) is 9.22. The van der Waals surface area contributed by atoms with Crippen molar-refractivity contribution >= 4 is 12.0 Å². The molecule has 0 aliphatic heterocycles. The fourth-order valence-corrected chi connectivity index (χ4v) is 1.62. The van der Waals surface area contributed by atoms with Gasteiger partial charge in [-0.2, -0.15) is 13.2 Å². The molecule has 0 aliphatic carbocycles. The van der Waals surface area contributed by atoms with Gasteiger partial charge in [0.05, 0.1) is 6.42 Å². The van der Waals surface area contributed by atoms with Gasteiger partial charge in [0.25, 0.3) is 0 Å². The number of hydrogen-bond acceptors (Lipinski definition) is 3. The molecule has 0 radical (unpaired) electrons. The van der Waals surface area contributed by atoms with E-state index in [1.807, 2.05) is 0 Å². The highest BCUT2D eigenvalue weighted by Gasteiger charge is 2.28. The second kappa shape index (κ2) is 8.86. The van der Waals surface area contributed by atoms with E-state index < -0.39 is 24.8 Å². The van der Waals surface area contributed by atoms with Crippen LogP contribution < -0.4 is 15.4 Å². The number of aliphatic carboxylic acids is 1. The molecule has 0 atom stereocenters. The second-order valence-electron chi connectivity index (χ2n) is 4.63. The van der Waals surface area contributed by atoms with Gasteiger partial charge < -0.3 is 20.5 Å². The quantitative estimate of drug-likeness (QED) is 0.678. The predicted octanol–water partition coefficient (Wildman–Crippen LogP) is 1.94. The molecule has 0 fully saturated rings. The van der Waals surface area contributed by atoms with Gasteiger partial charge in [-0.15, -0.1) is 0 Å². The lowest BCUT2D eigenvalue weighted by Crippen LogP contribution is -2.37. The van der Waals surface area contributed by atoms with Crippen molar-refractivity contribution in [1.29, 1.82) is 0 Å². The first kappa shape index (κ1) is 18.6. The standard InChI is InChI=1S/C14H17F3N2O4/c15-14(16,17)9-23-11-3-1-2-10(8-11)4-6-18-13(22)19-7-5-12(20)21/h1-3,8H,4-7,9H2,(H,20,21)(H2,18,19,22). The van der Waals surface area contributed by atoms with Crippen LogP contribution in [0, 0.1) is 0 Å². The maximum atomic E-state index is 12.1. The van der Waals surface area contributed by atoms with Crippen LogP contribution in [0.2, 0.25) is 0 Å². The number of carboxylic acid groups (broad SMARTS) is 1. The summed E-state index contributed by atoms with van der Waals surface area (Å²) in [5.41, 5.74) is 0.704. The van der Waals surface area contributed by atoms with Crippen molar-refractivity contribution in [2.24, 2.45) is 0 Å². The number of hydrogen-bond donors (Lipinski definition) is 3. The van der Waals surface area contributed by atoms with Gasteiger partial charge in [-0.05, 0) is 24.1 Å². The largest absolute Gasteiger partial charge is 0.484 e. The first-order valence-electron chi connectivity index (χ1n) is 6.78. The minimum absolute atomic E-state index is 0.0158. The van der Waals surface area contributed by atoms with Crippen LogP contribution >= 0.6 is 0 Å². The molecule has 128 valence electrons. The van der Waals surface area contributed by atoms with Gasteiger partial charge >= 0.3 is 18.2 Å². The van der Waals surface area contributed by atoms with Crippen LogP contribution in [0.25, 0.3) is 0 Å². The lowest BCUT2D eigenvalue weighted by atomic mass is 10.1. The van der Waals surface area contributed by atoms with Crippen molar-refractivity contribution < 1.29 is 32.6 Å². The lowest BCUT2D eigenvalue weighted by Gasteiger charge is -2.10. The number of benzene rings is 1. The molecule has 0 heterocycles. The highest BCUT2D eigenvalue weighted by molar-refractivity contribution is 5.74. The normalized spacial score (nSPS) is 10.9. The molecular weight excluding hydrogens is 317 g/mol. The Morgan fingerprint density at radius 2 is 1.87 bits per heavy atom. The zero-order valence-corrected chi connectivity index (χ0v) is 12.2. The molecule has 3 N–H and O–H groups in total. The molecule has 6 nitrogen and oxygen atoms in total. The Bertz CT molecular complexity index is 535. The summed E-state index contributed by atoms with van der Waals surface area (Å²) in [4.78, 5) is 21.6. The molecule has 9 heteroatoms. The molecule has 0 bridgehead atoms. The number of rotatable bonds is 8. The lowest BCUT2D eigenvalue weighted by molar-refractivity contribution is -0.153. The summed E-state index contributed by atoms with van der Waals surface area (Å²) in [5.74, 6) is -0.910. The topological polar surface area (TPSA) is 87.7 Å². The monoisotopic (exact) mass is 334 g/mol. The molecule has 1 rings (SSSR count). The SMILES string of the molecule is O=C(O)CCNC(=O)NCCc1cccc(OCC(F)(F)F)c1. The van der Waals surface area contributed by atoms with Crippen molar-refractivity contribution in [3.63, 3.8) is 0 Å². The average Bonchev–Trinajstić information content (AvgIpc) is 2.44. The summed E-state index contributed by atoms with van der Waals surface area (Å²) in [6.07, 6.45) is -4.17. The highest BCUT2D eigenvalue weighted by atomic mass is 19.4. The number of carboxylic acids is 1. The molecule has 2 amide bonds. The van der Waals surface area contributed by atoms with E-state index in [0.29, 0.717) is 12.0 Å². The fraction of sp³-hybridized carbons (Fsp3) is 0.429. The Labute approximate surface area is 130 Å². The molecule has 0 aromatic heterocycles. The Morgan fingerprint density at radius 3 is 2.52 bits per heavy atom. The molecule has 0 spiro atoms. The van der Waals surface area contributed by atoms with E-state index in [4.69, 9.17) is 5.11 Å². The smallest absolute Gasteiger partial charge is 0.422 e. The van der Waals surface area contributed by atoms with Gasteiger partial charge in [0.2, 0.25) is 0 Å². The molecule has 1 aromatic carbocycles. The van der Waals surface area contributed by atoms with E-state index in [-0.39, 0.29) is 25.3 Å². The maximum Gasteiger partial charge on any atom is 0.422 e. The highest BCUT2D eigenvalue weighted by Crippen LogP contribution is 2.19. The van der Waals surface area contributed by atoms with E-state index in [0.717, 1.165) is 0 Å². The van der Waals surface area contributed by atoms with Gasteiger partial charge in [0.15, 0.2) is 6.61 Å². The van der Waals surface area contributed by atoms with E-state index in [2.05, 4.69) is 15.4 Å². The predicted molar refractivity (Wildman–Crippen MR) is 75.4 cm³/mol. The Kier molecular flexibility index (Phi) is 7.17. The second-order valence-corrected chi connectivity index (χ2v) is 4.63. The molecule has 0 saturated carbocycles. The van der Waals surface area contributed by atoms with E-state index in [1.165, 1.54) is 12.1 Å². The van der Waals surface area contributed by atoms with Crippen LogP contribution in [0.5, 0.6) is 5.75 Å². The van der Waals surface area contributed by atoms with Crippen LogP contribution in [0.3, 0.4) is 0 Å². The van der Waals surface area contributed by atoms with Crippen molar-refractivity contribution in [1.82, 2.24) is 10.6 Å². The number of nitrogens with one attached hydrogen (secondary N) is 2. The van der Waals surface area contributed by atoms with Gasteiger partial charge in [-0.25, -0.2) is 4.79 Å². The van der Waals surface area contributed by atoms with Crippen molar-refractivity contribution in [3.8, 4) is 5.75 Å². The van der Waals surface area contributed by atoms with Crippen molar-refractivity contribution in [2.45, 2.75) is 19.0 Å². The summed E-state index contributed by atoms with van der Waals surface area (Å²) < 4.78 is 40.8. The molecule has 0 unspecified atom stereocenters. The molecule has 1 aromatic rings. The number of carbonyl (C=O) groups is 2. The van der Waals surface area contributed by atoms with Crippen LogP contribution in [0.1, 0.15) is 12.0 Å². The third-order valence-corrected chi connectivity index (χ3v) is 2.62. The Balaban J connectivity index is 2.32. The minimum Gasteiger partial charge on any atom is -0.484 e. The van der Waals surface area contributed by atoms with Crippen LogP contribution in [0.4, 0.5) is 18.0 Å². The zero-order chi connectivity index (χ0) is 17.3. The zero-order valence-electron chi connectivity index (χ0n) is 12.2. The van der Waals surface area contributed by atoms with Crippen molar-refractivity contribution in [3.05, 3.63) is 29.8 Å². The summed E-state index contributed by atoms with van der Waals surface area (Å²) in [6.45, 7) is -1.09. The maximum absolute atomic E-state index is 12.1. The number of halogens is 3. The average molecular weight is 334 g/mol. The third-order valence-electron chi connectivity index (χ3n) is 2.62. The van der Waals surface area contributed by atoms with Gasteiger partial charge in [0.1, 0.15) is 5.75 Å².